The van der Waals surface area contributed by atoms with Crippen molar-refractivity contribution in [1.29, 1.82) is 0 Å². The maximum Gasteiger partial charge on any atom is 0.124 e. The minimum Gasteiger partial charge on any atom is -0.489 e. The largest absolute Gasteiger partial charge is 0.489 e. The van der Waals surface area contributed by atoms with Gasteiger partial charge in [0, 0.05) is 17.1 Å². The van der Waals surface area contributed by atoms with Crippen LogP contribution in [0.15, 0.2) is 42.5 Å². The Morgan fingerprint density at radius 3 is 2.55 bits per heavy atom. The van der Waals surface area contributed by atoms with Crippen LogP contribution in [0.1, 0.15) is 24.5 Å². The summed E-state index contributed by atoms with van der Waals surface area (Å²) in [6.45, 7) is 4.19. The Hall–Kier alpha value is -1.29. The van der Waals surface area contributed by atoms with Gasteiger partial charge in [-0.15, -0.1) is 12.4 Å². The summed E-state index contributed by atoms with van der Waals surface area (Å²) in [4.78, 5) is 0. The van der Waals surface area contributed by atoms with Gasteiger partial charge >= 0.3 is 0 Å². The van der Waals surface area contributed by atoms with Gasteiger partial charge in [0.15, 0.2) is 0 Å². The molecule has 0 aliphatic carbocycles. The van der Waals surface area contributed by atoms with Crippen LogP contribution in [0.25, 0.3) is 0 Å². The number of hydrogen-bond acceptors (Lipinski definition) is 2. The van der Waals surface area contributed by atoms with Gasteiger partial charge in [0.1, 0.15) is 18.2 Å². The molecule has 120 valence electrons. The first-order valence-electron chi connectivity index (χ1n) is 7.05. The van der Waals surface area contributed by atoms with E-state index in [0.717, 1.165) is 29.8 Å². The highest BCUT2D eigenvalue weighted by Gasteiger charge is 2.05. The van der Waals surface area contributed by atoms with Gasteiger partial charge in [0.05, 0.1) is 0 Å². The summed E-state index contributed by atoms with van der Waals surface area (Å²) in [5.74, 6) is 0.557. The number of rotatable bonds is 7. The first kappa shape index (κ1) is 18.8. The van der Waals surface area contributed by atoms with Gasteiger partial charge in [-0.1, -0.05) is 30.7 Å². The van der Waals surface area contributed by atoms with Crippen molar-refractivity contribution in [1.82, 2.24) is 5.32 Å². The number of ether oxygens (including phenoxy) is 1. The third-order valence-electron chi connectivity index (χ3n) is 3.07. The maximum atomic E-state index is 12.9. The Bertz CT molecular complexity index is 575. The normalized spacial score (nSPS) is 10.1. The van der Waals surface area contributed by atoms with Gasteiger partial charge in [-0.25, -0.2) is 4.39 Å². The lowest BCUT2D eigenvalue weighted by Gasteiger charge is -2.13. The summed E-state index contributed by atoms with van der Waals surface area (Å²) in [5, 5.41) is 4.03. The second-order valence-corrected chi connectivity index (χ2v) is 5.28. The fourth-order valence-electron chi connectivity index (χ4n) is 1.97. The summed E-state index contributed by atoms with van der Waals surface area (Å²) in [5.41, 5.74) is 1.96. The van der Waals surface area contributed by atoms with Gasteiger partial charge in [-0.2, -0.15) is 0 Å². The van der Waals surface area contributed by atoms with Crippen LogP contribution >= 0.6 is 24.0 Å². The van der Waals surface area contributed by atoms with E-state index < -0.39 is 0 Å². The van der Waals surface area contributed by atoms with E-state index in [0.29, 0.717) is 18.2 Å². The number of halogens is 3. The second-order valence-electron chi connectivity index (χ2n) is 4.84. The molecule has 2 aromatic carbocycles. The summed E-state index contributed by atoms with van der Waals surface area (Å²) in [7, 11) is 0. The Labute approximate surface area is 142 Å². The molecular weight excluding hydrogens is 324 g/mol. The molecule has 0 amide bonds. The molecule has 0 spiro atoms. The van der Waals surface area contributed by atoms with Gasteiger partial charge in [-0.05, 0) is 48.9 Å². The van der Waals surface area contributed by atoms with Crippen molar-refractivity contribution in [2.75, 3.05) is 6.54 Å². The molecule has 0 aliphatic heterocycles. The quantitative estimate of drug-likeness (QED) is 0.716. The van der Waals surface area contributed by atoms with Crippen LogP contribution in [0.2, 0.25) is 5.02 Å². The highest BCUT2D eigenvalue weighted by atomic mass is 35.5. The van der Waals surface area contributed by atoms with Gasteiger partial charge < -0.3 is 10.1 Å². The molecule has 5 heteroatoms. The summed E-state index contributed by atoms with van der Waals surface area (Å²) in [6.07, 6.45) is 1.08. The van der Waals surface area contributed by atoms with E-state index in [1.807, 2.05) is 18.2 Å². The van der Waals surface area contributed by atoms with E-state index in [1.54, 1.807) is 12.1 Å². The molecule has 2 rings (SSSR count). The smallest absolute Gasteiger partial charge is 0.124 e. The molecule has 0 radical (unpaired) electrons. The molecule has 0 saturated carbocycles. The van der Waals surface area contributed by atoms with E-state index >= 15 is 0 Å². The van der Waals surface area contributed by atoms with Gasteiger partial charge in [0.25, 0.3) is 0 Å². The van der Waals surface area contributed by atoms with Gasteiger partial charge in [-0.3, -0.25) is 0 Å². The third kappa shape index (κ3) is 5.84. The molecule has 0 bridgehead atoms. The molecular formula is C17H20Cl2FNO. The van der Waals surface area contributed by atoms with Crippen molar-refractivity contribution < 1.29 is 9.13 Å². The van der Waals surface area contributed by atoms with Crippen molar-refractivity contribution in [2.24, 2.45) is 0 Å². The lowest BCUT2D eigenvalue weighted by Crippen LogP contribution is -2.14. The molecule has 0 fully saturated rings. The highest BCUT2D eigenvalue weighted by Crippen LogP contribution is 2.24. The molecule has 22 heavy (non-hydrogen) atoms. The predicted molar refractivity (Wildman–Crippen MR) is 91.4 cm³/mol. The van der Waals surface area contributed by atoms with Crippen molar-refractivity contribution in [3.05, 3.63) is 64.4 Å². The molecule has 1 N–H and O–H groups in total. The predicted octanol–water partition coefficient (Wildman–Crippen LogP) is 4.98. The zero-order chi connectivity index (χ0) is 15.1. The number of benzene rings is 2. The lowest BCUT2D eigenvalue weighted by molar-refractivity contribution is 0.302. The van der Waals surface area contributed by atoms with E-state index in [-0.39, 0.29) is 18.2 Å². The van der Waals surface area contributed by atoms with Crippen LogP contribution in [0, 0.1) is 5.82 Å². The highest BCUT2D eigenvalue weighted by molar-refractivity contribution is 6.30. The van der Waals surface area contributed by atoms with Crippen LogP contribution in [0.5, 0.6) is 5.75 Å². The first-order chi connectivity index (χ1) is 10.2. The molecule has 0 aliphatic rings. The average molecular weight is 344 g/mol. The van der Waals surface area contributed by atoms with Crippen molar-refractivity contribution in [3.8, 4) is 5.75 Å². The Balaban J connectivity index is 0.00000242. The molecule has 0 aromatic heterocycles. The third-order valence-corrected chi connectivity index (χ3v) is 3.31. The summed E-state index contributed by atoms with van der Waals surface area (Å²) >= 11 is 6.04. The van der Waals surface area contributed by atoms with Crippen LogP contribution in [-0.2, 0) is 13.2 Å². The molecule has 0 saturated heterocycles. The van der Waals surface area contributed by atoms with Crippen LogP contribution in [0.3, 0.4) is 0 Å². The fourth-order valence-corrected chi connectivity index (χ4v) is 2.16. The summed E-state index contributed by atoms with van der Waals surface area (Å²) < 4.78 is 18.7. The molecule has 2 aromatic rings. The Kier molecular flexibility index (Phi) is 8.25. The molecule has 2 nitrogen and oxygen atoms in total. The van der Waals surface area contributed by atoms with Crippen LogP contribution in [-0.4, -0.2) is 6.54 Å². The van der Waals surface area contributed by atoms with Crippen LogP contribution in [0.4, 0.5) is 4.39 Å². The monoisotopic (exact) mass is 343 g/mol. The van der Waals surface area contributed by atoms with E-state index in [9.17, 15) is 4.39 Å². The molecule has 0 unspecified atom stereocenters. The Morgan fingerprint density at radius 1 is 1.14 bits per heavy atom. The van der Waals surface area contributed by atoms with Crippen molar-refractivity contribution in [3.63, 3.8) is 0 Å². The second kappa shape index (κ2) is 9.67. The van der Waals surface area contributed by atoms with Gasteiger partial charge in [0.2, 0.25) is 0 Å². The average Bonchev–Trinajstić information content (AvgIpc) is 2.48. The summed E-state index contributed by atoms with van der Waals surface area (Å²) in [6, 6.07) is 11.9. The minimum absolute atomic E-state index is 0. The standard InChI is InChI=1S/C17H19ClFNO.ClH/c1-2-9-20-11-14-10-15(18)5-8-17(14)21-12-13-3-6-16(19)7-4-13;/h3-8,10,20H,2,9,11-12H2,1H3;1H. The minimum atomic E-state index is -0.241. The SMILES string of the molecule is CCCNCc1cc(Cl)ccc1OCc1ccc(F)cc1.Cl. The lowest BCUT2D eigenvalue weighted by atomic mass is 10.2. The zero-order valence-electron chi connectivity index (χ0n) is 12.4. The number of nitrogens with one attached hydrogen (secondary N) is 1. The van der Waals surface area contributed by atoms with Crippen LogP contribution < -0.4 is 10.1 Å². The van der Waals surface area contributed by atoms with E-state index in [2.05, 4.69) is 12.2 Å². The zero-order valence-corrected chi connectivity index (χ0v) is 14.0. The fraction of sp³-hybridized carbons (Fsp3) is 0.294. The first-order valence-corrected chi connectivity index (χ1v) is 7.43. The molecule has 0 heterocycles. The topological polar surface area (TPSA) is 21.3 Å². The van der Waals surface area contributed by atoms with Crippen molar-refractivity contribution in [2.45, 2.75) is 26.5 Å². The Morgan fingerprint density at radius 2 is 1.86 bits per heavy atom. The van der Waals surface area contributed by atoms with E-state index in [1.165, 1.54) is 12.1 Å². The molecule has 0 atom stereocenters. The van der Waals surface area contributed by atoms with E-state index in [4.69, 9.17) is 16.3 Å². The van der Waals surface area contributed by atoms with Crippen molar-refractivity contribution >= 4 is 24.0 Å². The maximum absolute atomic E-state index is 12.9. The number of hydrogen-bond donors (Lipinski definition) is 1.